The second-order valence-corrected chi connectivity index (χ2v) is 4.88. The molecule has 0 bridgehead atoms. The summed E-state index contributed by atoms with van der Waals surface area (Å²) >= 11 is 0. The fraction of sp³-hybridized carbons (Fsp3) is 0.357. The summed E-state index contributed by atoms with van der Waals surface area (Å²) in [5.74, 6) is -2.38. The van der Waals surface area contributed by atoms with Crippen molar-refractivity contribution in [2.24, 2.45) is 11.8 Å². The van der Waals surface area contributed by atoms with E-state index in [1.54, 1.807) is 24.3 Å². The third-order valence-electron chi connectivity index (χ3n) is 3.40. The molecule has 2 rings (SSSR count). The average Bonchev–Trinajstić information content (AvgIpc) is 2.28. The first-order valence-electron chi connectivity index (χ1n) is 6.38. The summed E-state index contributed by atoms with van der Waals surface area (Å²) in [6.07, 6.45) is 1.15. The lowest BCUT2D eigenvalue weighted by Crippen LogP contribution is -2.41. The summed E-state index contributed by atoms with van der Waals surface area (Å²) in [5.41, 5.74) is 1.22. The Bertz CT molecular complexity index is 539. The maximum absolute atomic E-state index is 11.9. The van der Waals surface area contributed by atoms with Crippen molar-refractivity contribution >= 4 is 29.2 Å². The molecule has 3 N–H and O–H groups in total. The first-order chi connectivity index (χ1) is 9.47. The predicted molar refractivity (Wildman–Crippen MR) is 73.2 cm³/mol. The Hall–Kier alpha value is -2.37. The van der Waals surface area contributed by atoms with Crippen molar-refractivity contribution in [1.82, 2.24) is 0 Å². The fourth-order valence-electron chi connectivity index (χ4n) is 2.18. The number of amides is 2. The minimum absolute atomic E-state index is 0.166. The number of carboxylic acids is 1. The van der Waals surface area contributed by atoms with E-state index >= 15 is 0 Å². The van der Waals surface area contributed by atoms with Gasteiger partial charge in [-0.1, -0.05) is 0 Å². The highest BCUT2D eigenvalue weighted by molar-refractivity contribution is 5.96. The lowest BCUT2D eigenvalue weighted by molar-refractivity contribution is -0.151. The normalized spacial score (nSPS) is 20.6. The summed E-state index contributed by atoms with van der Waals surface area (Å²) < 4.78 is 0. The summed E-state index contributed by atoms with van der Waals surface area (Å²) in [4.78, 5) is 33.7. The third-order valence-corrected chi connectivity index (χ3v) is 3.40. The van der Waals surface area contributed by atoms with Crippen LogP contribution >= 0.6 is 0 Å². The van der Waals surface area contributed by atoms with E-state index in [4.69, 9.17) is 5.11 Å². The van der Waals surface area contributed by atoms with Crippen LogP contribution in [-0.4, -0.2) is 22.9 Å². The van der Waals surface area contributed by atoms with Gasteiger partial charge >= 0.3 is 5.97 Å². The monoisotopic (exact) mass is 276 g/mol. The van der Waals surface area contributed by atoms with Crippen molar-refractivity contribution < 1.29 is 19.5 Å². The van der Waals surface area contributed by atoms with Crippen molar-refractivity contribution in [3.8, 4) is 0 Å². The van der Waals surface area contributed by atoms with Crippen LogP contribution < -0.4 is 10.6 Å². The molecule has 0 heterocycles. The van der Waals surface area contributed by atoms with Gasteiger partial charge < -0.3 is 15.7 Å². The van der Waals surface area contributed by atoms with E-state index in [1.165, 1.54) is 6.92 Å². The largest absolute Gasteiger partial charge is 0.481 e. The number of rotatable bonds is 4. The van der Waals surface area contributed by atoms with Crippen LogP contribution in [0, 0.1) is 11.8 Å². The fourth-order valence-corrected chi connectivity index (χ4v) is 2.18. The van der Waals surface area contributed by atoms with Crippen molar-refractivity contribution in [2.45, 2.75) is 19.8 Å². The second kappa shape index (κ2) is 5.73. The van der Waals surface area contributed by atoms with Crippen LogP contribution in [0.25, 0.3) is 0 Å². The van der Waals surface area contributed by atoms with Crippen LogP contribution in [0.3, 0.4) is 0 Å². The number of hydrogen-bond acceptors (Lipinski definition) is 3. The highest BCUT2D eigenvalue weighted by Gasteiger charge is 2.41. The molecule has 6 nitrogen and oxygen atoms in total. The number of anilines is 2. The Kier molecular flexibility index (Phi) is 4.02. The van der Waals surface area contributed by atoms with Crippen molar-refractivity contribution in [1.29, 1.82) is 0 Å². The van der Waals surface area contributed by atoms with E-state index in [9.17, 15) is 14.4 Å². The number of aliphatic carboxylic acids is 1. The van der Waals surface area contributed by atoms with Gasteiger partial charge in [-0.15, -0.1) is 0 Å². The number of carbonyl (C=O) groups excluding carboxylic acids is 2. The molecular weight excluding hydrogens is 260 g/mol. The Morgan fingerprint density at radius 3 is 1.90 bits per heavy atom. The first-order valence-corrected chi connectivity index (χ1v) is 6.38. The number of benzene rings is 1. The van der Waals surface area contributed by atoms with Gasteiger partial charge in [0.2, 0.25) is 11.8 Å². The second-order valence-electron chi connectivity index (χ2n) is 4.88. The van der Waals surface area contributed by atoms with Gasteiger partial charge in [-0.3, -0.25) is 14.4 Å². The lowest BCUT2D eigenvalue weighted by atomic mass is 9.73. The van der Waals surface area contributed by atoms with E-state index in [0.717, 1.165) is 0 Å². The SMILES string of the molecule is CC(=O)Nc1ccc(NC(=O)C2CCC2C(=O)O)cc1. The molecule has 0 spiro atoms. The quantitative estimate of drug-likeness (QED) is 0.779. The van der Waals surface area contributed by atoms with Gasteiger partial charge in [-0.05, 0) is 37.1 Å². The molecular formula is C14H16N2O4. The van der Waals surface area contributed by atoms with E-state index in [0.29, 0.717) is 24.2 Å². The summed E-state index contributed by atoms with van der Waals surface area (Å²) in [6, 6.07) is 6.67. The zero-order valence-corrected chi connectivity index (χ0v) is 11.1. The highest BCUT2D eigenvalue weighted by atomic mass is 16.4. The molecule has 0 radical (unpaired) electrons. The molecule has 2 atom stereocenters. The Morgan fingerprint density at radius 2 is 1.50 bits per heavy atom. The number of carbonyl (C=O) groups is 3. The van der Waals surface area contributed by atoms with Gasteiger partial charge in [0.15, 0.2) is 0 Å². The molecule has 1 aliphatic carbocycles. The standard InChI is InChI=1S/C14H16N2O4/c1-8(17)15-9-2-4-10(5-3-9)16-13(18)11-6-7-12(11)14(19)20/h2-5,11-12H,6-7H2,1H3,(H,15,17)(H,16,18)(H,19,20). The molecule has 0 saturated heterocycles. The molecule has 106 valence electrons. The maximum Gasteiger partial charge on any atom is 0.307 e. The van der Waals surface area contributed by atoms with Crippen LogP contribution in [0.4, 0.5) is 11.4 Å². The van der Waals surface area contributed by atoms with Gasteiger partial charge in [0.25, 0.3) is 0 Å². The van der Waals surface area contributed by atoms with Crippen LogP contribution in [0.2, 0.25) is 0 Å². The minimum atomic E-state index is -0.919. The van der Waals surface area contributed by atoms with E-state index in [1.807, 2.05) is 0 Å². The first kappa shape index (κ1) is 14.0. The number of carboxylic acid groups (broad SMARTS) is 1. The lowest BCUT2D eigenvalue weighted by Gasteiger charge is -2.31. The molecule has 1 saturated carbocycles. The average molecular weight is 276 g/mol. The van der Waals surface area contributed by atoms with Gasteiger partial charge in [-0.25, -0.2) is 0 Å². The van der Waals surface area contributed by atoms with Gasteiger partial charge in [-0.2, -0.15) is 0 Å². The molecule has 6 heteroatoms. The number of hydrogen-bond donors (Lipinski definition) is 3. The minimum Gasteiger partial charge on any atom is -0.481 e. The van der Waals surface area contributed by atoms with E-state index < -0.39 is 17.8 Å². The van der Waals surface area contributed by atoms with Crippen molar-refractivity contribution in [2.75, 3.05) is 10.6 Å². The highest BCUT2D eigenvalue weighted by Crippen LogP contribution is 2.35. The van der Waals surface area contributed by atoms with E-state index in [-0.39, 0.29) is 11.8 Å². The molecule has 1 aromatic rings. The summed E-state index contributed by atoms with van der Waals surface area (Å²) in [5, 5.41) is 14.2. The van der Waals surface area contributed by atoms with Gasteiger partial charge in [0, 0.05) is 18.3 Å². The van der Waals surface area contributed by atoms with Crippen molar-refractivity contribution in [3.05, 3.63) is 24.3 Å². The van der Waals surface area contributed by atoms with Crippen LogP contribution in [0.5, 0.6) is 0 Å². The summed E-state index contributed by atoms with van der Waals surface area (Å²) in [6.45, 7) is 1.42. The Labute approximate surface area is 116 Å². The zero-order valence-electron chi connectivity index (χ0n) is 11.1. The smallest absolute Gasteiger partial charge is 0.307 e. The molecule has 2 amide bonds. The molecule has 0 aromatic heterocycles. The van der Waals surface area contributed by atoms with Gasteiger partial charge in [0.1, 0.15) is 0 Å². The van der Waals surface area contributed by atoms with Crippen molar-refractivity contribution in [3.63, 3.8) is 0 Å². The van der Waals surface area contributed by atoms with Crippen LogP contribution in [-0.2, 0) is 14.4 Å². The number of nitrogens with one attached hydrogen (secondary N) is 2. The van der Waals surface area contributed by atoms with Crippen LogP contribution in [0.1, 0.15) is 19.8 Å². The molecule has 20 heavy (non-hydrogen) atoms. The molecule has 1 aliphatic rings. The Morgan fingerprint density at radius 1 is 1.00 bits per heavy atom. The third kappa shape index (κ3) is 3.14. The predicted octanol–water partition coefficient (Wildman–Crippen LogP) is 1.69. The topological polar surface area (TPSA) is 95.5 Å². The van der Waals surface area contributed by atoms with Gasteiger partial charge in [0.05, 0.1) is 11.8 Å². The molecule has 2 unspecified atom stereocenters. The summed E-state index contributed by atoms with van der Waals surface area (Å²) in [7, 11) is 0. The van der Waals surface area contributed by atoms with E-state index in [2.05, 4.69) is 10.6 Å². The van der Waals surface area contributed by atoms with Crippen LogP contribution in [0.15, 0.2) is 24.3 Å². The Balaban J connectivity index is 1.94. The maximum atomic E-state index is 11.9. The zero-order chi connectivity index (χ0) is 14.7. The molecule has 1 fully saturated rings. The molecule has 1 aromatic carbocycles. The molecule has 0 aliphatic heterocycles.